The standard InChI is InChI=1S/C24H22ClN5.C24H23N5O.C24H17N5.C23H21N5O.C22H15N5/c1-3-4-6-16-12-26-13-18(14(16)2)15-9-10-20-17(11-15)22(30-29-20)24-27-21-8-5-7-19(25)23(21)28-24;1-15-17(6-4-5-11-30)13-25-14-19(15)16-9-10-20-18(12-16)23(29-28-20)24-26-21-7-2-3-8-22(21)27-24;1-14-16-6-2-3-7-19(16)25-13-18(14)15-10-11-20-17(12-15)23(29-28-20)24-26-21-8-4-5-9-22(21)27-24;1-14-16(5-4-10-29)12-24-13-18(14)15-8-9-19-17(11-15)22(28-27-19)23-25-20-6-2-3-7-21(20)26-23;1-2-4-20-19(3-1)24-22(25-20)21-16-12-14(6-8-18(16)26-27-21)13-5-7-17-15(11-13)9-10-23-17/h5,7-13H,3-4,6H2,1-2H3,(H,27,28)(H,29,30);2-3,7-10,12-14,30H,4-6,11H2,1H3,(H,26,27)(H,28,29);2-13H,1H3,(H,26,27)(H,28,29);2-3,6-9,11-13,29H,4-5,10H2,1H3,(H,25,26)(H,27,28);1-12,23H,(H,24,25)(H,26,27). The molecule has 0 aliphatic carbocycles. The van der Waals surface area contributed by atoms with E-state index in [0.717, 1.165) is 261 Å². The van der Waals surface area contributed by atoms with Gasteiger partial charge in [0.15, 0.2) is 29.1 Å². The molecule has 0 atom stereocenters. The number of para-hydroxylation sites is 10. The molecule has 27 rings (SSSR count). The van der Waals surface area contributed by atoms with Crippen LogP contribution in [0.25, 0.3) is 245 Å². The SMILES string of the molecule is CCCCc1cncc(-c2ccc3[nH]nc(-c4nc5c(Cl)cccc5[nH]4)c3c2)c1C.Cc1c(-c2ccc3[nH]nc(-c4nc5ccccc5[nH]4)c3c2)cnc2ccccc12.Cc1c(CCCCO)cncc1-c1ccc2[nH]nc(-c3nc4ccccc4[nH]3)c2c1.Cc1c(CCCO)cncc1-c1ccc2[nH]nc(-c3nc4ccccc4[nH]3)c2c1.c1ccc2[nH]c(-c3n[nH]c4ccc(-c5ccc6[nH]ccc6c5)cc34)nc2c1. The molecule has 15 aromatic heterocycles. The maximum absolute atomic E-state index is 9.15. The van der Waals surface area contributed by atoms with Gasteiger partial charge in [0.1, 0.15) is 34.0 Å². The Morgan fingerprint density at radius 1 is 0.276 bits per heavy atom. The number of nitrogens with zero attached hydrogens (tertiary/aromatic N) is 14. The molecule has 710 valence electrons. The number of hydrogen-bond donors (Lipinski definition) is 13. The first-order chi connectivity index (χ1) is 71.3. The summed E-state index contributed by atoms with van der Waals surface area (Å²) in [6, 6.07) is 86.2. The lowest BCUT2D eigenvalue weighted by Gasteiger charge is -2.11. The lowest BCUT2D eigenvalue weighted by Crippen LogP contribution is -1.96. The number of imidazole rings is 5. The van der Waals surface area contributed by atoms with E-state index in [9.17, 15) is 0 Å². The Hall–Kier alpha value is -18.1. The zero-order valence-corrected chi connectivity index (χ0v) is 80.7. The smallest absolute Gasteiger partial charge is 0.159 e. The van der Waals surface area contributed by atoms with Gasteiger partial charge in [-0.1, -0.05) is 134 Å². The van der Waals surface area contributed by atoms with Gasteiger partial charge in [-0.2, -0.15) is 25.5 Å². The van der Waals surface area contributed by atoms with Crippen molar-refractivity contribution in [3.63, 3.8) is 0 Å². The molecule has 0 spiro atoms. The van der Waals surface area contributed by atoms with E-state index in [1.54, 1.807) is 0 Å². The number of aliphatic hydroxyl groups is 2. The summed E-state index contributed by atoms with van der Waals surface area (Å²) in [4.78, 5) is 61.6. The molecule has 0 radical (unpaired) electrons. The Kier molecular flexibility index (Phi) is 24.8. The summed E-state index contributed by atoms with van der Waals surface area (Å²) in [6.45, 7) is 11.2. The Morgan fingerprint density at radius 2 is 0.614 bits per heavy atom. The minimum Gasteiger partial charge on any atom is -0.396 e. The number of rotatable bonds is 20. The van der Waals surface area contributed by atoms with Crippen molar-refractivity contribution in [2.45, 2.75) is 86.0 Å². The largest absolute Gasteiger partial charge is 0.396 e. The molecular formula is C117H98ClN25O2. The summed E-state index contributed by atoms with van der Waals surface area (Å²) in [6.07, 6.45) is 23.2. The first kappa shape index (κ1) is 90.8. The number of hydrogen-bond acceptors (Lipinski definition) is 16. The van der Waals surface area contributed by atoms with E-state index in [2.05, 4.69) is 257 Å². The molecule has 0 saturated heterocycles. The first-order valence-corrected chi connectivity index (χ1v) is 49.0. The number of pyridine rings is 4. The van der Waals surface area contributed by atoms with Crippen molar-refractivity contribution in [2.24, 2.45) is 0 Å². The summed E-state index contributed by atoms with van der Waals surface area (Å²) in [7, 11) is 0. The Balaban J connectivity index is 0.000000100. The number of nitrogens with one attached hydrogen (secondary N) is 11. The zero-order valence-electron chi connectivity index (χ0n) is 80.0. The fourth-order valence-electron chi connectivity index (χ4n) is 19.4. The molecule has 145 heavy (non-hydrogen) atoms. The highest BCUT2D eigenvalue weighted by Crippen LogP contribution is 2.41. The molecule has 0 aliphatic heterocycles. The molecule has 12 aromatic carbocycles. The Labute approximate surface area is 834 Å². The van der Waals surface area contributed by atoms with Crippen LogP contribution in [0, 0.1) is 27.7 Å². The monoisotopic (exact) mass is 1920 g/mol. The molecule has 27 aromatic rings. The maximum atomic E-state index is 9.15. The van der Waals surface area contributed by atoms with Crippen LogP contribution in [0.4, 0.5) is 0 Å². The van der Waals surface area contributed by atoms with Gasteiger partial charge in [-0.25, -0.2) is 24.9 Å². The average Bonchev–Trinajstić information content (AvgIpc) is 1.65. The summed E-state index contributed by atoms with van der Waals surface area (Å²) in [5.74, 6) is 3.75. The van der Waals surface area contributed by atoms with Crippen LogP contribution in [0.3, 0.4) is 0 Å². The lowest BCUT2D eigenvalue weighted by atomic mass is 9.96. The van der Waals surface area contributed by atoms with Crippen molar-refractivity contribution in [3.05, 3.63) is 348 Å². The van der Waals surface area contributed by atoms with Gasteiger partial charge in [0.2, 0.25) is 0 Å². The van der Waals surface area contributed by atoms with Crippen LogP contribution in [0.1, 0.15) is 78.0 Å². The van der Waals surface area contributed by atoms with E-state index >= 15 is 0 Å². The van der Waals surface area contributed by atoms with Crippen LogP contribution >= 0.6 is 11.6 Å². The number of aliphatic hydroxyl groups excluding tert-OH is 2. The third-order valence-corrected chi connectivity index (χ3v) is 27.7. The third-order valence-electron chi connectivity index (χ3n) is 27.3. The van der Waals surface area contributed by atoms with E-state index in [4.69, 9.17) is 46.7 Å². The number of aromatic nitrogens is 25. The van der Waals surface area contributed by atoms with Crippen LogP contribution in [0.2, 0.25) is 5.02 Å². The molecule has 0 unspecified atom stereocenters. The molecule has 0 aliphatic rings. The first-order valence-electron chi connectivity index (χ1n) is 48.6. The molecule has 15 heterocycles. The van der Waals surface area contributed by atoms with Crippen molar-refractivity contribution in [3.8, 4) is 113 Å². The second-order valence-corrected chi connectivity index (χ2v) is 36.8. The Bertz CT molecular complexity index is 9350. The predicted molar refractivity (Wildman–Crippen MR) is 582 cm³/mol. The fourth-order valence-corrected chi connectivity index (χ4v) is 19.6. The molecule has 0 fully saturated rings. The average molecular weight is 1920 g/mol. The van der Waals surface area contributed by atoms with E-state index in [1.165, 1.54) is 68.1 Å². The van der Waals surface area contributed by atoms with Crippen molar-refractivity contribution in [1.82, 2.24) is 126 Å². The van der Waals surface area contributed by atoms with Crippen molar-refractivity contribution in [2.75, 3.05) is 13.2 Å². The normalized spacial score (nSPS) is 11.6. The Morgan fingerprint density at radius 3 is 1.01 bits per heavy atom. The number of unbranched alkanes of at least 4 members (excludes halogenated alkanes) is 2. The van der Waals surface area contributed by atoms with Gasteiger partial charge in [0, 0.05) is 123 Å². The molecule has 0 bridgehead atoms. The molecule has 13 N–H and O–H groups in total. The predicted octanol–water partition coefficient (Wildman–Crippen LogP) is 26.6. The molecular weight excluding hydrogens is 1820 g/mol. The van der Waals surface area contributed by atoms with Gasteiger partial charge >= 0.3 is 0 Å². The highest BCUT2D eigenvalue weighted by Gasteiger charge is 2.24. The lowest BCUT2D eigenvalue weighted by molar-refractivity contribution is 0.284. The third kappa shape index (κ3) is 18.0. The van der Waals surface area contributed by atoms with E-state index in [-0.39, 0.29) is 13.2 Å². The summed E-state index contributed by atoms with van der Waals surface area (Å²) in [5, 5.41) is 64.6. The zero-order chi connectivity index (χ0) is 98.1. The topological polar surface area (TPSA) is 395 Å². The van der Waals surface area contributed by atoms with Gasteiger partial charge in [0.25, 0.3) is 0 Å². The van der Waals surface area contributed by atoms with Crippen molar-refractivity contribution < 1.29 is 10.2 Å². The number of benzene rings is 12. The number of halogens is 1. The van der Waals surface area contributed by atoms with Gasteiger partial charge in [0.05, 0.1) is 87.8 Å². The minimum atomic E-state index is 0.186. The number of aromatic amines is 11. The van der Waals surface area contributed by atoms with Crippen molar-refractivity contribution in [1.29, 1.82) is 0 Å². The van der Waals surface area contributed by atoms with Crippen molar-refractivity contribution >= 4 is 143 Å². The second-order valence-electron chi connectivity index (χ2n) is 36.4. The van der Waals surface area contributed by atoms with Crippen LogP contribution in [0.5, 0.6) is 0 Å². The highest BCUT2D eigenvalue weighted by atomic mass is 35.5. The van der Waals surface area contributed by atoms with Gasteiger partial charge in [-0.15, -0.1) is 0 Å². The van der Waals surface area contributed by atoms with E-state index in [1.807, 2.05) is 183 Å². The summed E-state index contributed by atoms with van der Waals surface area (Å²) >= 11 is 6.31. The highest BCUT2D eigenvalue weighted by molar-refractivity contribution is 6.35. The van der Waals surface area contributed by atoms with Gasteiger partial charge in [-0.3, -0.25) is 45.4 Å². The number of H-pyrrole nitrogens is 11. The second kappa shape index (κ2) is 39.6. The minimum absolute atomic E-state index is 0.186. The number of fused-ring (bicyclic) bond motifs is 12. The molecule has 0 saturated carbocycles. The maximum Gasteiger partial charge on any atom is 0.159 e. The summed E-state index contributed by atoms with van der Waals surface area (Å²) in [5.41, 5.74) is 40.4. The quantitative estimate of drug-likeness (QED) is 0.0315. The summed E-state index contributed by atoms with van der Waals surface area (Å²) < 4.78 is 0. The van der Waals surface area contributed by atoms with Crippen LogP contribution in [0.15, 0.2) is 304 Å². The van der Waals surface area contributed by atoms with Gasteiger partial charge in [-0.05, 0) is 296 Å². The van der Waals surface area contributed by atoms with Crippen LogP contribution in [-0.2, 0) is 19.3 Å². The molecule has 27 nitrogen and oxygen atoms in total. The van der Waals surface area contributed by atoms with E-state index in [0.29, 0.717) is 10.8 Å². The number of aryl methyl sites for hydroxylation is 4. The van der Waals surface area contributed by atoms with Gasteiger partial charge < -0.3 is 40.1 Å². The van der Waals surface area contributed by atoms with Crippen LogP contribution < -0.4 is 0 Å². The van der Waals surface area contributed by atoms with E-state index < -0.39 is 0 Å². The molecule has 0 amide bonds. The fraction of sp³-hybridized carbons (Fsp3) is 0.128. The van der Waals surface area contributed by atoms with Crippen LogP contribution in [-0.4, -0.2) is 149 Å². The molecule has 28 heteroatoms.